The van der Waals surface area contributed by atoms with Crippen LogP contribution in [0.25, 0.3) is 0 Å². The number of nitrogens with zero attached hydrogens (tertiary/aromatic N) is 2. The summed E-state index contributed by atoms with van der Waals surface area (Å²) in [5, 5.41) is 3.21. The molecule has 2 heterocycles. The second-order valence-electron chi connectivity index (χ2n) is 5.44. The molecule has 0 bridgehead atoms. The highest BCUT2D eigenvalue weighted by molar-refractivity contribution is 5.95. The summed E-state index contributed by atoms with van der Waals surface area (Å²) >= 11 is 0. The standard InChI is InChI=1S/C16H25N3O2/c1-3-15-6-4-5-8-19(15)16(20)13-10-14(12-17-11-13)18-7-9-21-2/h10-12,15,18H,3-9H2,1-2H3. The molecular weight excluding hydrogens is 266 g/mol. The van der Waals surface area contributed by atoms with E-state index in [1.165, 1.54) is 6.42 Å². The minimum atomic E-state index is 0.101. The van der Waals surface area contributed by atoms with E-state index in [4.69, 9.17) is 4.74 Å². The largest absolute Gasteiger partial charge is 0.383 e. The molecule has 2 rings (SSSR count). The maximum absolute atomic E-state index is 12.7. The van der Waals surface area contributed by atoms with E-state index < -0.39 is 0 Å². The van der Waals surface area contributed by atoms with E-state index in [1.54, 1.807) is 19.5 Å². The second-order valence-corrected chi connectivity index (χ2v) is 5.44. The molecule has 1 unspecified atom stereocenters. The van der Waals surface area contributed by atoms with Crippen LogP contribution in [0.4, 0.5) is 5.69 Å². The number of anilines is 1. The van der Waals surface area contributed by atoms with Crippen LogP contribution >= 0.6 is 0 Å². The first kappa shape index (κ1) is 15.8. The lowest BCUT2D eigenvalue weighted by Crippen LogP contribution is -2.43. The number of carbonyl (C=O) groups excluding carboxylic acids is 1. The van der Waals surface area contributed by atoms with Crippen LogP contribution < -0.4 is 5.32 Å². The molecule has 1 aliphatic rings. The average Bonchev–Trinajstić information content (AvgIpc) is 2.54. The highest BCUT2D eigenvalue weighted by atomic mass is 16.5. The van der Waals surface area contributed by atoms with E-state index in [1.807, 2.05) is 11.0 Å². The van der Waals surface area contributed by atoms with E-state index in [0.717, 1.165) is 31.5 Å². The number of rotatable bonds is 6. The molecule has 0 spiro atoms. The molecule has 1 N–H and O–H groups in total. The van der Waals surface area contributed by atoms with Crippen molar-refractivity contribution in [1.29, 1.82) is 0 Å². The summed E-state index contributed by atoms with van der Waals surface area (Å²) in [7, 11) is 1.67. The Labute approximate surface area is 126 Å². The quantitative estimate of drug-likeness (QED) is 0.818. The van der Waals surface area contributed by atoms with E-state index in [9.17, 15) is 4.79 Å². The van der Waals surface area contributed by atoms with Gasteiger partial charge in [0.15, 0.2) is 0 Å². The molecule has 0 radical (unpaired) electrons. The Hall–Kier alpha value is -1.62. The molecule has 1 atom stereocenters. The third kappa shape index (κ3) is 4.17. The van der Waals surface area contributed by atoms with E-state index in [2.05, 4.69) is 17.2 Å². The highest BCUT2D eigenvalue weighted by Crippen LogP contribution is 2.22. The van der Waals surface area contributed by atoms with Crippen molar-refractivity contribution in [2.75, 3.05) is 32.1 Å². The number of carbonyl (C=O) groups is 1. The van der Waals surface area contributed by atoms with Crippen molar-refractivity contribution >= 4 is 11.6 Å². The molecule has 1 fully saturated rings. The molecule has 0 saturated carbocycles. The van der Waals surface area contributed by atoms with Crippen LogP contribution in [-0.4, -0.2) is 48.6 Å². The lowest BCUT2D eigenvalue weighted by Gasteiger charge is -2.35. The molecular formula is C16H25N3O2. The number of hydrogen-bond donors (Lipinski definition) is 1. The van der Waals surface area contributed by atoms with Gasteiger partial charge in [-0.1, -0.05) is 6.92 Å². The zero-order valence-corrected chi connectivity index (χ0v) is 13.0. The molecule has 0 aliphatic carbocycles. The van der Waals surface area contributed by atoms with Crippen LogP contribution in [0.5, 0.6) is 0 Å². The molecule has 5 heteroatoms. The van der Waals surface area contributed by atoms with Gasteiger partial charge in [0.2, 0.25) is 0 Å². The lowest BCUT2D eigenvalue weighted by molar-refractivity contribution is 0.0607. The van der Waals surface area contributed by atoms with Crippen LogP contribution in [0.15, 0.2) is 18.5 Å². The fourth-order valence-electron chi connectivity index (χ4n) is 2.81. The summed E-state index contributed by atoms with van der Waals surface area (Å²) in [5.41, 5.74) is 1.53. The van der Waals surface area contributed by atoms with Crippen LogP contribution in [0, 0.1) is 0 Å². The monoisotopic (exact) mass is 291 g/mol. The van der Waals surface area contributed by atoms with Gasteiger partial charge < -0.3 is 15.0 Å². The number of piperidine rings is 1. The van der Waals surface area contributed by atoms with Crippen molar-refractivity contribution in [2.45, 2.75) is 38.6 Å². The fourth-order valence-corrected chi connectivity index (χ4v) is 2.81. The molecule has 1 saturated heterocycles. The summed E-state index contributed by atoms with van der Waals surface area (Å²) < 4.78 is 5.01. The van der Waals surface area contributed by atoms with Crippen LogP contribution in [0.3, 0.4) is 0 Å². The van der Waals surface area contributed by atoms with Gasteiger partial charge in [-0.2, -0.15) is 0 Å². The van der Waals surface area contributed by atoms with Gasteiger partial charge in [0.05, 0.1) is 17.9 Å². The van der Waals surface area contributed by atoms with Crippen molar-refractivity contribution in [3.63, 3.8) is 0 Å². The van der Waals surface area contributed by atoms with E-state index in [-0.39, 0.29) is 5.91 Å². The van der Waals surface area contributed by atoms with Gasteiger partial charge >= 0.3 is 0 Å². The zero-order valence-electron chi connectivity index (χ0n) is 13.0. The van der Waals surface area contributed by atoms with Gasteiger partial charge in [-0.05, 0) is 31.7 Å². The first-order chi connectivity index (χ1) is 10.3. The fraction of sp³-hybridized carbons (Fsp3) is 0.625. The third-order valence-electron chi connectivity index (χ3n) is 3.98. The van der Waals surface area contributed by atoms with Gasteiger partial charge in [0, 0.05) is 38.6 Å². The maximum Gasteiger partial charge on any atom is 0.255 e. The van der Waals surface area contributed by atoms with Crippen LogP contribution in [0.2, 0.25) is 0 Å². The van der Waals surface area contributed by atoms with Crippen LogP contribution in [0.1, 0.15) is 43.0 Å². The molecule has 1 aromatic heterocycles. The Balaban J connectivity index is 2.05. The summed E-state index contributed by atoms with van der Waals surface area (Å²) in [5.74, 6) is 0.101. The predicted octanol–water partition coefficient (Wildman–Crippen LogP) is 2.54. The normalized spacial score (nSPS) is 18.6. The zero-order chi connectivity index (χ0) is 15.1. The Bertz CT molecular complexity index is 465. The van der Waals surface area contributed by atoms with Gasteiger partial charge in [-0.3, -0.25) is 9.78 Å². The molecule has 116 valence electrons. The topological polar surface area (TPSA) is 54.5 Å². The summed E-state index contributed by atoms with van der Waals surface area (Å²) in [6, 6.07) is 2.25. The first-order valence-electron chi connectivity index (χ1n) is 7.75. The lowest BCUT2D eigenvalue weighted by atomic mass is 9.99. The minimum absolute atomic E-state index is 0.101. The number of pyridine rings is 1. The van der Waals surface area contributed by atoms with Gasteiger partial charge in [0.25, 0.3) is 5.91 Å². The third-order valence-corrected chi connectivity index (χ3v) is 3.98. The Morgan fingerprint density at radius 2 is 2.33 bits per heavy atom. The van der Waals surface area contributed by atoms with Gasteiger partial charge in [-0.15, -0.1) is 0 Å². The number of nitrogens with one attached hydrogen (secondary N) is 1. The SMILES string of the molecule is CCC1CCCCN1C(=O)c1cncc(NCCOC)c1. The number of aromatic nitrogens is 1. The minimum Gasteiger partial charge on any atom is -0.383 e. The predicted molar refractivity (Wildman–Crippen MR) is 83.6 cm³/mol. The number of likely N-dealkylation sites (tertiary alicyclic amines) is 1. The molecule has 1 aromatic rings. The molecule has 0 aromatic carbocycles. The smallest absolute Gasteiger partial charge is 0.255 e. The average molecular weight is 291 g/mol. The highest BCUT2D eigenvalue weighted by Gasteiger charge is 2.26. The summed E-state index contributed by atoms with van der Waals surface area (Å²) in [6.07, 6.45) is 7.85. The van der Waals surface area contributed by atoms with Crippen molar-refractivity contribution < 1.29 is 9.53 Å². The maximum atomic E-state index is 12.7. The second kappa shape index (κ2) is 7.98. The van der Waals surface area contributed by atoms with Crippen molar-refractivity contribution in [2.24, 2.45) is 0 Å². The molecule has 21 heavy (non-hydrogen) atoms. The van der Waals surface area contributed by atoms with Crippen molar-refractivity contribution in [3.05, 3.63) is 24.0 Å². The summed E-state index contributed by atoms with van der Waals surface area (Å²) in [6.45, 7) is 4.34. The Morgan fingerprint density at radius 3 is 3.10 bits per heavy atom. The molecule has 1 amide bonds. The molecule has 5 nitrogen and oxygen atoms in total. The Kier molecular flexibility index (Phi) is 5.99. The number of ether oxygens (including phenoxy) is 1. The van der Waals surface area contributed by atoms with E-state index >= 15 is 0 Å². The Morgan fingerprint density at radius 1 is 1.48 bits per heavy atom. The van der Waals surface area contributed by atoms with Crippen LogP contribution in [-0.2, 0) is 4.74 Å². The van der Waals surface area contributed by atoms with E-state index in [0.29, 0.717) is 24.8 Å². The first-order valence-corrected chi connectivity index (χ1v) is 7.75. The molecule has 1 aliphatic heterocycles. The van der Waals surface area contributed by atoms with Crippen molar-refractivity contribution in [1.82, 2.24) is 9.88 Å². The van der Waals surface area contributed by atoms with Crippen molar-refractivity contribution in [3.8, 4) is 0 Å². The van der Waals surface area contributed by atoms with Gasteiger partial charge in [-0.25, -0.2) is 0 Å². The number of methoxy groups -OCH3 is 1. The van der Waals surface area contributed by atoms with Gasteiger partial charge in [0.1, 0.15) is 0 Å². The number of amides is 1. The number of hydrogen-bond acceptors (Lipinski definition) is 4. The summed E-state index contributed by atoms with van der Waals surface area (Å²) in [4.78, 5) is 18.9.